The van der Waals surface area contributed by atoms with Crippen LogP contribution in [0.1, 0.15) is 48.6 Å². The van der Waals surface area contributed by atoms with Gasteiger partial charge in [-0.15, -0.1) is 11.6 Å². The standard InChI is InChI=1S/C15H20ClNO/c1-11-7-5-6-10-13(11)14(16)15(18)17-12-8-3-2-4-9-12/h5-7,10,12,14H,2-4,8-9H2,1H3,(H,17,18). The van der Waals surface area contributed by atoms with Crippen molar-refractivity contribution in [3.8, 4) is 0 Å². The topological polar surface area (TPSA) is 29.1 Å². The van der Waals surface area contributed by atoms with E-state index in [0.29, 0.717) is 6.04 Å². The molecule has 0 aromatic heterocycles. The molecule has 0 heterocycles. The Morgan fingerprint density at radius 1 is 1.28 bits per heavy atom. The van der Waals surface area contributed by atoms with Crippen LogP contribution >= 0.6 is 11.6 Å². The summed E-state index contributed by atoms with van der Waals surface area (Å²) >= 11 is 6.27. The number of hydrogen-bond acceptors (Lipinski definition) is 1. The van der Waals surface area contributed by atoms with Gasteiger partial charge in [-0.05, 0) is 30.9 Å². The van der Waals surface area contributed by atoms with Crippen LogP contribution in [0.3, 0.4) is 0 Å². The lowest BCUT2D eigenvalue weighted by Crippen LogP contribution is -2.38. The molecule has 1 fully saturated rings. The number of carbonyl (C=O) groups is 1. The molecule has 0 bridgehead atoms. The van der Waals surface area contributed by atoms with Crippen molar-refractivity contribution in [2.75, 3.05) is 0 Å². The molecule has 1 aromatic rings. The molecule has 1 aromatic carbocycles. The predicted octanol–water partition coefficient (Wildman–Crippen LogP) is 3.72. The molecule has 18 heavy (non-hydrogen) atoms. The number of rotatable bonds is 3. The molecule has 1 saturated carbocycles. The minimum atomic E-state index is -0.576. The smallest absolute Gasteiger partial charge is 0.242 e. The summed E-state index contributed by atoms with van der Waals surface area (Å²) in [6.07, 6.45) is 5.88. The Morgan fingerprint density at radius 3 is 2.61 bits per heavy atom. The van der Waals surface area contributed by atoms with Crippen LogP contribution in [0.25, 0.3) is 0 Å². The zero-order valence-corrected chi connectivity index (χ0v) is 11.5. The monoisotopic (exact) mass is 265 g/mol. The molecule has 1 aliphatic rings. The molecule has 0 radical (unpaired) electrons. The molecule has 1 amide bonds. The van der Waals surface area contributed by atoms with Crippen LogP contribution in [0.2, 0.25) is 0 Å². The van der Waals surface area contributed by atoms with Gasteiger partial charge in [-0.2, -0.15) is 0 Å². The molecule has 0 spiro atoms. The van der Waals surface area contributed by atoms with Gasteiger partial charge in [-0.1, -0.05) is 43.5 Å². The van der Waals surface area contributed by atoms with E-state index in [9.17, 15) is 4.79 Å². The van der Waals surface area contributed by atoms with Crippen LogP contribution in [0.4, 0.5) is 0 Å². The minimum absolute atomic E-state index is 0.0575. The van der Waals surface area contributed by atoms with Crippen molar-refractivity contribution in [3.63, 3.8) is 0 Å². The van der Waals surface area contributed by atoms with E-state index in [4.69, 9.17) is 11.6 Å². The molecule has 2 nitrogen and oxygen atoms in total. The van der Waals surface area contributed by atoms with Crippen LogP contribution in [-0.4, -0.2) is 11.9 Å². The molecule has 1 aliphatic carbocycles. The maximum absolute atomic E-state index is 12.1. The van der Waals surface area contributed by atoms with Crippen molar-refractivity contribution in [1.82, 2.24) is 5.32 Å². The van der Waals surface area contributed by atoms with E-state index in [1.165, 1.54) is 19.3 Å². The number of halogens is 1. The fourth-order valence-corrected chi connectivity index (χ4v) is 2.84. The van der Waals surface area contributed by atoms with Crippen molar-refractivity contribution in [2.24, 2.45) is 0 Å². The van der Waals surface area contributed by atoms with Gasteiger partial charge in [0.1, 0.15) is 5.38 Å². The van der Waals surface area contributed by atoms with Gasteiger partial charge >= 0.3 is 0 Å². The zero-order valence-electron chi connectivity index (χ0n) is 10.8. The normalized spacial score (nSPS) is 18.3. The number of hydrogen-bond donors (Lipinski definition) is 1. The lowest BCUT2D eigenvalue weighted by Gasteiger charge is -2.24. The van der Waals surface area contributed by atoms with Crippen molar-refractivity contribution < 1.29 is 4.79 Å². The van der Waals surface area contributed by atoms with Gasteiger partial charge in [0, 0.05) is 6.04 Å². The van der Waals surface area contributed by atoms with E-state index in [1.807, 2.05) is 31.2 Å². The SMILES string of the molecule is Cc1ccccc1C(Cl)C(=O)NC1CCCCC1. The summed E-state index contributed by atoms with van der Waals surface area (Å²) in [5.41, 5.74) is 1.98. The highest BCUT2D eigenvalue weighted by atomic mass is 35.5. The van der Waals surface area contributed by atoms with Crippen molar-refractivity contribution >= 4 is 17.5 Å². The second kappa shape index (κ2) is 6.24. The van der Waals surface area contributed by atoms with Gasteiger partial charge in [0.05, 0.1) is 0 Å². The third-order valence-corrected chi connectivity index (χ3v) is 4.08. The number of amides is 1. The Bertz CT molecular complexity index is 413. The van der Waals surface area contributed by atoms with Crippen LogP contribution < -0.4 is 5.32 Å². The molecule has 0 aliphatic heterocycles. The second-order valence-corrected chi connectivity index (χ2v) is 5.50. The molecule has 3 heteroatoms. The zero-order chi connectivity index (χ0) is 13.0. The third-order valence-electron chi connectivity index (χ3n) is 3.64. The summed E-state index contributed by atoms with van der Waals surface area (Å²) in [4.78, 5) is 12.1. The van der Waals surface area contributed by atoms with Gasteiger partial charge in [-0.25, -0.2) is 0 Å². The fourth-order valence-electron chi connectivity index (χ4n) is 2.53. The summed E-state index contributed by atoms with van der Waals surface area (Å²) in [5, 5.41) is 2.50. The van der Waals surface area contributed by atoms with Crippen LogP contribution in [0, 0.1) is 6.92 Å². The Morgan fingerprint density at radius 2 is 1.94 bits per heavy atom. The molecule has 2 rings (SSSR count). The molecular formula is C15H20ClNO. The Kier molecular flexibility index (Phi) is 4.65. The lowest BCUT2D eigenvalue weighted by molar-refractivity contribution is -0.121. The Labute approximate surface area is 114 Å². The summed E-state index contributed by atoms with van der Waals surface area (Å²) in [6.45, 7) is 1.98. The Hall–Kier alpha value is -1.02. The second-order valence-electron chi connectivity index (χ2n) is 5.06. The van der Waals surface area contributed by atoms with Gasteiger partial charge in [0.25, 0.3) is 0 Å². The quantitative estimate of drug-likeness (QED) is 0.829. The fraction of sp³-hybridized carbons (Fsp3) is 0.533. The van der Waals surface area contributed by atoms with Gasteiger partial charge in [-0.3, -0.25) is 4.79 Å². The van der Waals surface area contributed by atoms with E-state index >= 15 is 0 Å². The molecular weight excluding hydrogens is 246 g/mol. The van der Waals surface area contributed by atoms with Crippen LogP contribution in [-0.2, 0) is 4.79 Å². The number of benzene rings is 1. The van der Waals surface area contributed by atoms with Gasteiger partial charge in [0.15, 0.2) is 0 Å². The first-order valence-electron chi connectivity index (χ1n) is 6.68. The van der Waals surface area contributed by atoms with E-state index in [-0.39, 0.29) is 5.91 Å². The number of aryl methyl sites for hydroxylation is 1. The predicted molar refractivity (Wildman–Crippen MR) is 74.8 cm³/mol. The number of nitrogens with one attached hydrogen (secondary N) is 1. The van der Waals surface area contributed by atoms with Gasteiger partial charge in [0.2, 0.25) is 5.91 Å². The summed E-state index contributed by atoms with van der Waals surface area (Å²) < 4.78 is 0. The maximum Gasteiger partial charge on any atom is 0.242 e. The Balaban J connectivity index is 1.98. The average molecular weight is 266 g/mol. The highest BCUT2D eigenvalue weighted by Crippen LogP contribution is 2.25. The lowest BCUT2D eigenvalue weighted by atomic mass is 9.95. The summed E-state index contributed by atoms with van der Waals surface area (Å²) in [5.74, 6) is -0.0575. The van der Waals surface area contributed by atoms with E-state index in [2.05, 4.69) is 5.32 Å². The largest absolute Gasteiger partial charge is 0.352 e. The highest BCUT2D eigenvalue weighted by Gasteiger charge is 2.22. The third kappa shape index (κ3) is 3.26. The molecule has 1 unspecified atom stereocenters. The summed E-state index contributed by atoms with van der Waals surface area (Å²) in [7, 11) is 0. The first-order valence-corrected chi connectivity index (χ1v) is 7.12. The van der Waals surface area contributed by atoms with Crippen molar-refractivity contribution in [2.45, 2.75) is 50.4 Å². The number of alkyl halides is 1. The number of carbonyl (C=O) groups excluding carboxylic acids is 1. The van der Waals surface area contributed by atoms with Crippen LogP contribution in [0.5, 0.6) is 0 Å². The summed E-state index contributed by atoms with van der Waals surface area (Å²) in [6, 6.07) is 8.11. The van der Waals surface area contributed by atoms with Gasteiger partial charge < -0.3 is 5.32 Å². The molecule has 1 N–H and O–H groups in total. The van der Waals surface area contributed by atoms with E-state index in [0.717, 1.165) is 24.0 Å². The average Bonchev–Trinajstić information content (AvgIpc) is 2.39. The maximum atomic E-state index is 12.1. The van der Waals surface area contributed by atoms with Crippen LogP contribution in [0.15, 0.2) is 24.3 Å². The minimum Gasteiger partial charge on any atom is -0.352 e. The van der Waals surface area contributed by atoms with Crippen molar-refractivity contribution in [3.05, 3.63) is 35.4 Å². The van der Waals surface area contributed by atoms with E-state index < -0.39 is 5.38 Å². The first kappa shape index (κ1) is 13.4. The van der Waals surface area contributed by atoms with Crippen molar-refractivity contribution in [1.29, 1.82) is 0 Å². The highest BCUT2D eigenvalue weighted by molar-refractivity contribution is 6.30. The first-order chi connectivity index (χ1) is 8.68. The molecule has 0 saturated heterocycles. The molecule has 1 atom stereocenters. The molecule has 98 valence electrons. The van der Waals surface area contributed by atoms with E-state index in [1.54, 1.807) is 0 Å².